The molecule has 1 aromatic heterocycles. The molecule has 1 heterocycles. The van der Waals surface area contributed by atoms with Crippen LogP contribution in [0, 0.1) is 11.3 Å². The van der Waals surface area contributed by atoms with E-state index >= 15 is 0 Å². The lowest BCUT2D eigenvalue weighted by Gasteiger charge is -1.97. The Balaban J connectivity index is 2.21. The molecule has 1 aliphatic rings. The molecule has 0 spiro atoms. The van der Waals surface area contributed by atoms with Gasteiger partial charge >= 0.3 is 0 Å². The summed E-state index contributed by atoms with van der Waals surface area (Å²) in [6, 6.07) is 0. The van der Waals surface area contributed by atoms with Gasteiger partial charge in [-0.05, 0) is 17.9 Å². The molecule has 0 radical (unpaired) electrons. The van der Waals surface area contributed by atoms with Gasteiger partial charge < -0.3 is 5.73 Å². The SMILES string of the molecule is Cn1cc([C@@H]2[C@@H](CN)C2(C)C)nn1. The van der Waals surface area contributed by atoms with Gasteiger partial charge in [0.15, 0.2) is 0 Å². The van der Waals surface area contributed by atoms with Crippen molar-refractivity contribution in [1.82, 2.24) is 15.0 Å². The monoisotopic (exact) mass is 180 g/mol. The maximum atomic E-state index is 5.69. The molecular formula is C9H16N4. The third kappa shape index (κ3) is 1.16. The zero-order valence-electron chi connectivity index (χ0n) is 8.36. The smallest absolute Gasteiger partial charge is 0.0866 e. The van der Waals surface area contributed by atoms with Crippen LogP contribution in [0.15, 0.2) is 6.20 Å². The summed E-state index contributed by atoms with van der Waals surface area (Å²) >= 11 is 0. The third-order valence-electron chi connectivity index (χ3n) is 3.24. The van der Waals surface area contributed by atoms with Gasteiger partial charge in [0.2, 0.25) is 0 Å². The van der Waals surface area contributed by atoms with Gasteiger partial charge in [0.05, 0.1) is 5.69 Å². The zero-order valence-corrected chi connectivity index (χ0v) is 8.36. The summed E-state index contributed by atoms with van der Waals surface area (Å²) in [7, 11) is 1.89. The van der Waals surface area contributed by atoms with Gasteiger partial charge in [0.25, 0.3) is 0 Å². The minimum absolute atomic E-state index is 0.310. The molecule has 0 aliphatic heterocycles. The number of nitrogens with two attached hydrogens (primary N) is 1. The van der Waals surface area contributed by atoms with E-state index < -0.39 is 0 Å². The molecule has 72 valence electrons. The predicted molar refractivity (Wildman–Crippen MR) is 50.1 cm³/mol. The standard InChI is InChI=1S/C9H16N4/c1-9(2)6(4-10)8(9)7-5-13(3)12-11-7/h5-6,8H,4,10H2,1-3H3/t6-,8+/m1/s1. The number of aromatic nitrogens is 3. The maximum absolute atomic E-state index is 5.69. The van der Waals surface area contributed by atoms with E-state index in [4.69, 9.17) is 5.73 Å². The van der Waals surface area contributed by atoms with Crippen molar-refractivity contribution < 1.29 is 0 Å². The average Bonchev–Trinajstić information content (AvgIpc) is 2.41. The molecule has 2 rings (SSSR count). The van der Waals surface area contributed by atoms with Crippen molar-refractivity contribution in [2.45, 2.75) is 19.8 Å². The topological polar surface area (TPSA) is 56.7 Å². The Morgan fingerprint density at radius 1 is 1.62 bits per heavy atom. The number of nitrogens with zero attached hydrogens (tertiary/aromatic N) is 3. The van der Waals surface area contributed by atoms with E-state index in [0.717, 1.165) is 12.2 Å². The first kappa shape index (κ1) is 8.69. The van der Waals surface area contributed by atoms with Crippen LogP contribution in [-0.2, 0) is 7.05 Å². The van der Waals surface area contributed by atoms with Crippen molar-refractivity contribution in [2.24, 2.45) is 24.1 Å². The summed E-state index contributed by atoms with van der Waals surface area (Å²) < 4.78 is 1.75. The van der Waals surface area contributed by atoms with Crippen LogP contribution in [0.4, 0.5) is 0 Å². The first-order valence-electron chi connectivity index (χ1n) is 4.63. The molecule has 0 amide bonds. The Morgan fingerprint density at radius 3 is 2.69 bits per heavy atom. The molecule has 1 fully saturated rings. The summed E-state index contributed by atoms with van der Waals surface area (Å²) in [5, 5.41) is 8.07. The summed E-state index contributed by atoms with van der Waals surface area (Å²) in [6.45, 7) is 5.22. The molecule has 4 heteroatoms. The van der Waals surface area contributed by atoms with Crippen LogP contribution in [0.2, 0.25) is 0 Å². The third-order valence-corrected chi connectivity index (χ3v) is 3.24. The Hall–Kier alpha value is -0.900. The highest BCUT2D eigenvalue weighted by Gasteiger charge is 2.58. The van der Waals surface area contributed by atoms with E-state index in [1.165, 1.54) is 0 Å². The number of hydrogen-bond acceptors (Lipinski definition) is 3. The summed E-state index contributed by atoms with van der Waals surface area (Å²) in [6.07, 6.45) is 1.99. The van der Waals surface area contributed by atoms with E-state index in [1.54, 1.807) is 4.68 Å². The van der Waals surface area contributed by atoms with E-state index in [-0.39, 0.29) is 0 Å². The van der Waals surface area contributed by atoms with Crippen LogP contribution < -0.4 is 5.73 Å². The Kier molecular flexibility index (Phi) is 1.70. The molecule has 0 unspecified atom stereocenters. The Bertz CT molecular complexity index is 315. The number of rotatable bonds is 2. The molecule has 1 aliphatic carbocycles. The fourth-order valence-corrected chi connectivity index (χ4v) is 2.28. The highest BCUT2D eigenvalue weighted by atomic mass is 15.4. The van der Waals surface area contributed by atoms with Crippen LogP contribution in [-0.4, -0.2) is 21.5 Å². The normalized spacial score (nSPS) is 30.5. The van der Waals surface area contributed by atoms with Gasteiger partial charge in [-0.25, -0.2) is 0 Å². The first-order valence-corrected chi connectivity index (χ1v) is 4.63. The van der Waals surface area contributed by atoms with E-state index in [0.29, 0.717) is 17.3 Å². The van der Waals surface area contributed by atoms with Gasteiger partial charge in [-0.1, -0.05) is 19.1 Å². The second kappa shape index (κ2) is 2.54. The van der Waals surface area contributed by atoms with Crippen LogP contribution in [0.25, 0.3) is 0 Å². The molecule has 0 saturated heterocycles. The summed E-state index contributed by atoms with van der Waals surface area (Å²) in [4.78, 5) is 0. The van der Waals surface area contributed by atoms with Crippen molar-refractivity contribution >= 4 is 0 Å². The van der Waals surface area contributed by atoms with Crippen molar-refractivity contribution in [3.8, 4) is 0 Å². The lowest BCUT2D eigenvalue weighted by molar-refractivity contribution is 0.557. The largest absolute Gasteiger partial charge is 0.330 e. The molecule has 1 saturated carbocycles. The molecule has 0 bridgehead atoms. The van der Waals surface area contributed by atoms with Crippen LogP contribution in [0.1, 0.15) is 25.5 Å². The van der Waals surface area contributed by atoms with Crippen molar-refractivity contribution in [3.05, 3.63) is 11.9 Å². The van der Waals surface area contributed by atoms with Crippen molar-refractivity contribution in [1.29, 1.82) is 0 Å². The second-order valence-corrected chi connectivity index (χ2v) is 4.46. The lowest BCUT2D eigenvalue weighted by atomic mass is 10.1. The molecule has 2 N–H and O–H groups in total. The van der Waals surface area contributed by atoms with Crippen LogP contribution in [0.5, 0.6) is 0 Å². The number of hydrogen-bond donors (Lipinski definition) is 1. The van der Waals surface area contributed by atoms with Crippen molar-refractivity contribution in [3.63, 3.8) is 0 Å². The zero-order chi connectivity index (χ0) is 9.64. The van der Waals surface area contributed by atoms with E-state index in [2.05, 4.69) is 24.2 Å². The lowest BCUT2D eigenvalue weighted by Crippen LogP contribution is -2.05. The Morgan fingerprint density at radius 2 is 2.31 bits per heavy atom. The quantitative estimate of drug-likeness (QED) is 0.721. The molecule has 1 aromatic rings. The second-order valence-electron chi connectivity index (χ2n) is 4.46. The number of aryl methyl sites for hydroxylation is 1. The van der Waals surface area contributed by atoms with Gasteiger partial charge in [0, 0.05) is 19.2 Å². The fourth-order valence-electron chi connectivity index (χ4n) is 2.28. The molecule has 0 aromatic carbocycles. The van der Waals surface area contributed by atoms with Gasteiger partial charge in [-0.3, -0.25) is 4.68 Å². The molecular weight excluding hydrogens is 164 g/mol. The van der Waals surface area contributed by atoms with Gasteiger partial charge in [0.1, 0.15) is 0 Å². The van der Waals surface area contributed by atoms with Gasteiger partial charge in [-0.2, -0.15) is 0 Å². The highest BCUT2D eigenvalue weighted by molar-refractivity contribution is 5.23. The minimum atomic E-state index is 0.310. The van der Waals surface area contributed by atoms with E-state index in [1.807, 2.05) is 13.2 Å². The maximum Gasteiger partial charge on any atom is 0.0866 e. The van der Waals surface area contributed by atoms with Crippen LogP contribution >= 0.6 is 0 Å². The van der Waals surface area contributed by atoms with Crippen LogP contribution in [0.3, 0.4) is 0 Å². The summed E-state index contributed by atoms with van der Waals surface area (Å²) in [5.41, 5.74) is 7.09. The Labute approximate surface area is 78.1 Å². The average molecular weight is 180 g/mol. The highest BCUT2D eigenvalue weighted by Crippen LogP contribution is 2.63. The fraction of sp³-hybridized carbons (Fsp3) is 0.778. The van der Waals surface area contributed by atoms with Crippen molar-refractivity contribution in [2.75, 3.05) is 6.54 Å². The van der Waals surface area contributed by atoms with E-state index in [9.17, 15) is 0 Å². The molecule has 4 nitrogen and oxygen atoms in total. The minimum Gasteiger partial charge on any atom is -0.330 e. The summed E-state index contributed by atoms with van der Waals surface area (Å²) in [5.74, 6) is 1.08. The van der Waals surface area contributed by atoms with Gasteiger partial charge in [-0.15, -0.1) is 5.10 Å². The molecule has 13 heavy (non-hydrogen) atoms. The predicted octanol–water partition coefficient (Wildman–Crippen LogP) is 0.513. The molecule has 2 atom stereocenters. The first-order chi connectivity index (χ1) is 6.07.